The zero-order chi connectivity index (χ0) is 20.5. The maximum absolute atomic E-state index is 12.8. The largest absolute Gasteiger partial charge is 0.393 e. The Morgan fingerprint density at radius 2 is 2.23 bits per heavy atom. The number of Topliss-reactive ketones (excluding diaryl/α,β-unsaturated/α-hetero) is 1. The van der Waals surface area contributed by atoms with Gasteiger partial charge in [-0.05, 0) is 62.6 Å². The molecule has 3 aromatic rings. The van der Waals surface area contributed by atoms with Crippen molar-refractivity contribution >= 4 is 38.7 Å². The average molecular weight is 442 g/mol. The summed E-state index contributed by atoms with van der Waals surface area (Å²) in [4.78, 5) is 24.4. The number of fused-ring (bicyclic) bond motifs is 2. The molecule has 3 aromatic heterocycles. The SMILES string of the molecule is O=C(CCC[C@H]1CC[C@H](O)C1)Cc1sc2c(c1-c1nc3cnccc3s1)CCNC2. The molecule has 1 aliphatic heterocycles. The first kappa shape index (κ1) is 20.2. The highest BCUT2D eigenvalue weighted by atomic mass is 32.1. The lowest BCUT2D eigenvalue weighted by atomic mass is 9.97. The van der Waals surface area contributed by atoms with E-state index in [1.54, 1.807) is 22.7 Å². The van der Waals surface area contributed by atoms with Crippen molar-refractivity contribution in [3.63, 3.8) is 0 Å². The number of carbonyl (C=O) groups excluding carboxylic acids is 1. The van der Waals surface area contributed by atoms with Crippen LogP contribution in [-0.4, -0.2) is 33.5 Å². The van der Waals surface area contributed by atoms with Crippen molar-refractivity contribution in [2.24, 2.45) is 5.92 Å². The molecule has 158 valence electrons. The van der Waals surface area contributed by atoms with Crippen LogP contribution in [0.1, 0.15) is 53.8 Å². The number of hydrogen-bond donors (Lipinski definition) is 2. The topological polar surface area (TPSA) is 75.1 Å². The number of hydrogen-bond acceptors (Lipinski definition) is 7. The van der Waals surface area contributed by atoms with Gasteiger partial charge >= 0.3 is 0 Å². The van der Waals surface area contributed by atoms with Crippen molar-refractivity contribution in [3.8, 4) is 10.6 Å². The van der Waals surface area contributed by atoms with Gasteiger partial charge in [-0.2, -0.15) is 0 Å². The van der Waals surface area contributed by atoms with E-state index >= 15 is 0 Å². The van der Waals surface area contributed by atoms with E-state index < -0.39 is 0 Å². The fourth-order valence-electron chi connectivity index (χ4n) is 4.82. The monoisotopic (exact) mass is 441 g/mol. The minimum Gasteiger partial charge on any atom is -0.393 e. The minimum absolute atomic E-state index is 0.122. The number of thiazole rings is 1. The van der Waals surface area contributed by atoms with Crippen LogP contribution in [0.3, 0.4) is 0 Å². The summed E-state index contributed by atoms with van der Waals surface area (Å²) in [6, 6.07) is 2.02. The molecule has 1 fully saturated rings. The van der Waals surface area contributed by atoms with Gasteiger partial charge in [-0.15, -0.1) is 22.7 Å². The number of carbonyl (C=O) groups is 1. The van der Waals surface area contributed by atoms with Crippen LogP contribution in [0.4, 0.5) is 0 Å². The number of aliphatic hydroxyl groups is 1. The van der Waals surface area contributed by atoms with Gasteiger partial charge in [0.25, 0.3) is 0 Å². The normalized spacial score (nSPS) is 21.2. The predicted octanol–water partition coefficient (Wildman–Crippen LogP) is 4.51. The van der Waals surface area contributed by atoms with Crippen molar-refractivity contribution in [1.29, 1.82) is 0 Å². The molecular formula is C23H27N3O2S2. The third-order valence-electron chi connectivity index (χ3n) is 6.34. The molecule has 2 atom stereocenters. The highest BCUT2D eigenvalue weighted by molar-refractivity contribution is 7.22. The van der Waals surface area contributed by atoms with Crippen molar-refractivity contribution in [2.75, 3.05) is 6.54 Å². The summed E-state index contributed by atoms with van der Waals surface area (Å²) in [6.07, 6.45) is 10.6. The molecule has 0 unspecified atom stereocenters. The molecule has 1 aliphatic carbocycles. The highest BCUT2D eigenvalue weighted by Gasteiger charge is 2.26. The molecular weight excluding hydrogens is 414 g/mol. The van der Waals surface area contributed by atoms with Crippen molar-refractivity contribution in [2.45, 2.75) is 64.0 Å². The van der Waals surface area contributed by atoms with Gasteiger partial charge in [0.15, 0.2) is 0 Å². The number of aliphatic hydroxyl groups excluding tert-OH is 1. The third kappa shape index (κ3) is 4.21. The summed E-state index contributed by atoms with van der Waals surface area (Å²) in [5.41, 5.74) is 3.53. The Balaban J connectivity index is 1.34. The van der Waals surface area contributed by atoms with Crippen LogP contribution in [-0.2, 0) is 24.2 Å². The molecule has 2 N–H and O–H groups in total. The first-order valence-corrected chi connectivity index (χ1v) is 12.6. The molecule has 0 spiro atoms. The summed E-state index contributed by atoms with van der Waals surface area (Å²) in [5, 5.41) is 14.2. The molecule has 7 heteroatoms. The molecule has 1 saturated carbocycles. The van der Waals surface area contributed by atoms with Gasteiger partial charge < -0.3 is 10.4 Å². The van der Waals surface area contributed by atoms with E-state index in [4.69, 9.17) is 4.98 Å². The summed E-state index contributed by atoms with van der Waals surface area (Å²) >= 11 is 3.49. The second kappa shape index (κ2) is 8.83. The molecule has 30 heavy (non-hydrogen) atoms. The summed E-state index contributed by atoms with van der Waals surface area (Å²) in [6.45, 7) is 1.86. The second-order valence-corrected chi connectivity index (χ2v) is 10.8. The Morgan fingerprint density at radius 3 is 3.07 bits per heavy atom. The van der Waals surface area contributed by atoms with Gasteiger partial charge in [0.2, 0.25) is 0 Å². The molecule has 0 amide bonds. The van der Waals surface area contributed by atoms with Gasteiger partial charge in [0.1, 0.15) is 16.3 Å². The Morgan fingerprint density at radius 1 is 1.30 bits per heavy atom. The maximum Gasteiger partial charge on any atom is 0.138 e. The molecule has 4 heterocycles. The number of nitrogens with one attached hydrogen (secondary N) is 1. The summed E-state index contributed by atoms with van der Waals surface area (Å²) < 4.78 is 1.14. The lowest BCUT2D eigenvalue weighted by molar-refractivity contribution is -0.118. The molecule has 0 saturated heterocycles. The van der Waals surface area contributed by atoms with Gasteiger partial charge in [0.05, 0.1) is 17.0 Å². The smallest absolute Gasteiger partial charge is 0.138 e. The Bertz CT molecular complexity index is 1030. The quantitative estimate of drug-likeness (QED) is 0.564. The number of thiophene rings is 1. The van der Waals surface area contributed by atoms with Gasteiger partial charge in [-0.25, -0.2) is 4.98 Å². The number of pyridine rings is 1. The van der Waals surface area contributed by atoms with E-state index in [2.05, 4.69) is 10.3 Å². The van der Waals surface area contributed by atoms with Gasteiger partial charge in [0, 0.05) is 40.9 Å². The lowest BCUT2D eigenvalue weighted by Crippen LogP contribution is -2.22. The first-order chi connectivity index (χ1) is 14.7. The van der Waals surface area contributed by atoms with E-state index in [0.29, 0.717) is 24.5 Å². The number of aromatic nitrogens is 2. The third-order valence-corrected chi connectivity index (χ3v) is 8.63. The molecule has 0 aromatic carbocycles. The zero-order valence-electron chi connectivity index (χ0n) is 17.0. The number of ketones is 1. The lowest BCUT2D eigenvalue weighted by Gasteiger charge is -2.13. The van der Waals surface area contributed by atoms with E-state index in [1.807, 2.05) is 18.5 Å². The van der Waals surface area contributed by atoms with E-state index in [-0.39, 0.29) is 6.10 Å². The van der Waals surface area contributed by atoms with Crippen LogP contribution >= 0.6 is 22.7 Å². The Hall–Kier alpha value is -1.67. The molecule has 5 nitrogen and oxygen atoms in total. The van der Waals surface area contributed by atoms with Gasteiger partial charge in [-0.1, -0.05) is 0 Å². The van der Waals surface area contributed by atoms with Crippen LogP contribution < -0.4 is 5.32 Å². The van der Waals surface area contributed by atoms with Crippen LogP contribution in [0.5, 0.6) is 0 Å². The summed E-state index contributed by atoms with van der Waals surface area (Å²) in [7, 11) is 0. The van der Waals surface area contributed by atoms with Crippen molar-refractivity contribution in [3.05, 3.63) is 33.8 Å². The maximum atomic E-state index is 12.8. The average Bonchev–Trinajstić information content (AvgIpc) is 3.43. The molecule has 5 rings (SSSR count). The van der Waals surface area contributed by atoms with Crippen LogP contribution in [0.15, 0.2) is 18.5 Å². The van der Waals surface area contributed by atoms with Crippen LogP contribution in [0, 0.1) is 5.92 Å². The Kier molecular flexibility index (Phi) is 5.96. The van der Waals surface area contributed by atoms with E-state index in [1.165, 1.54) is 20.9 Å². The number of rotatable bonds is 7. The zero-order valence-corrected chi connectivity index (χ0v) is 18.7. The fourth-order valence-corrected chi connectivity index (χ4v) is 7.27. The molecule has 2 aliphatic rings. The molecule has 0 radical (unpaired) electrons. The predicted molar refractivity (Wildman–Crippen MR) is 122 cm³/mol. The van der Waals surface area contributed by atoms with Crippen LogP contribution in [0.25, 0.3) is 20.8 Å². The van der Waals surface area contributed by atoms with E-state index in [9.17, 15) is 9.90 Å². The summed E-state index contributed by atoms with van der Waals surface area (Å²) in [5.74, 6) is 0.920. The molecule has 0 bridgehead atoms. The second-order valence-electron chi connectivity index (χ2n) is 8.53. The fraction of sp³-hybridized carbons (Fsp3) is 0.522. The standard InChI is InChI=1S/C23H27N3O2S2/c27-15(3-1-2-14-4-5-16(28)10-14)11-20-22(17-6-8-25-13-21(17)29-20)23-26-18-12-24-9-7-19(18)30-23/h7,9,12,14,16,25,28H,1-6,8,10-11,13H2/t14-,16-/m0/s1. The van der Waals surface area contributed by atoms with Crippen molar-refractivity contribution < 1.29 is 9.90 Å². The van der Waals surface area contributed by atoms with Gasteiger partial charge in [-0.3, -0.25) is 9.78 Å². The Labute approximate surface area is 184 Å². The van der Waals surface area contributed by atoms with Crippen LogP contribution in [0.2, 0.25) is 0 Å². The van der Waals surface area contributed by atoms with Crippen molar-refractivity contribution in [1.82, 2.24) is 15.3 Å². The highest BCUT2D eigenvalue weighted by Crippen LogP contribution is 2.42. The minimum atomic E-state index is -0.122. The first-order valence-electron chi connectivity index (χ1n) is 10.9. The number of nitrogens with zero attached hydrogens (tertiary/aromatic N) is 2. The van der Waals surface area contributed by atoms with E-state index in [0.717, 1.165) is 66.8 Å².